The van der Waals surface area contributed by atoms with Crippen LogP contribution in [0, 0.1) is 5.92 Å². The molecule has 0 bridgehead atoms. The van der Waals surface area contributed by atoms with Crippen molar-refractivity contribution in [1.29, 1.82) is 0 Å². The molecule has 2 atom stereocenters. The molecule has 0 spiro atoms. The number of hydrogen-bond acceptors (Lipinski definition) is 3. The molecular weight excluding hydrogens is 152 g/mol. The molecule has 1 fully saturated rings. The molecule has 1 aliphatic rings. The maximum absolute atomic E-state index is 8.81. The monoisotopic (exact) mass is 172 g/mol. The Morgan fingerprint density at radius 3 is 2.33 bits per heavy atom. The number of nitrogens with zero attached hydrogens (tertiary/aromatic N) is 2. The highest BCUT2D eigenvalue weighted by Crippen LogP contribution is 2.30. The van der Waals surface area contributed by atoms with Gasteiger partial charge in [-0.1, -0.05) is 13.8 Å². The topological polar surface area (TPSA) is 35.8 Å². The molecule has 3 nitrogen and oxygen atoms in total. The minimum absolute atomic E-state index is 0.282. The standard InChI is InChI=1S/C7H14N2O.C2H6/c1-8-9(2)7-4-3-6(7)5-10;1-2/h6-7,10H,1,3-5H2,2H3;1-2H3. The van der Waals surface area contributed by atoms with Crippen LogP contribution in [0.3, 0.4) is 0 Å². The van der Waals surface area contributed by atoms with Gasteiger partial charge in [-0.2, -0.15) is 5.10 Å². The van der Waals surface area contributed by atoms with Crippen molar-refractivity contribution in [3.05, 3.63) is 0 Å². The predicted octanol–water partition coefficient (Wildman–Crippen LogP) is 1.33. The van der Waals surface area contributed by atoms with Crippen molar-refractivity contribution in [3.8, 4) is 0 Å². The first-order chi connectivity index (χ1) is 5.79. The van der Waals surface area contributed by atoms with E-state index in [2.05, 4.69) is 11.8 Å². The molecule has 2 unspecified atom stereocenters. The van der Waals surface area contributed by atoms with Crippen molar-refractivity contribution in [3.63, 3.8) is 0 Å². The normalized spacial score (nSPS) is 26.3. The summed E-state index contributed by atoms with van der Waals surface area (Å²) in [5.41, 5.74) is 0. The Morgan fingerprint density at radius 2 is 2.08 bits per heavy atom. The summed E-state index contributed by atoms with van der Waals surface area (Å²) in [6.07, 6.45) is 2.27. The van der Waals surface area contributed by atoms with E-state index in [9.17, 15) is 0 Å². The molecule has 0 aliphatic heterocycles. The maximum atomic E-state index is 8.81. The molecule has 1 aliphatic carbocycles. The van der Waals surface area contributed by atoms with E-state index in [4.69, 9.17) is 5.11 Å². The average molecular weight is 172 g/mol. The van der Waals surface area contributed by atoms with Gasteiger partial charge in [-0.25, -0.2) is 0 Å². The second-order valence-corrected chi connectivity index (χ2v) is 2.80. The Kier molecular flexibility index (Phi) is 5.72. The summed E-state index contributed by atoms with van der Waals surface area (Å²) < 4.78 is 0. The summed E-state index contributed by atoms with van der Waals surface area (Å²) in [6.45, 7) is 7.71. The highest BCUT2D eigenvalue weighted by atomic mass is 16.3. The lowest BCUT2D eigenvalue weighted by Crippen LogP contribution is -2.44. The van der Waals surface area contributed by atoms with E-state index in [0.29, 0.717) is 12.0 Å². The molecule has 0 heterocycles. The molecule has 72 valence electrons. The van der Waals surface area contributed by atoms with Crippen LogP contribution in [-0.2, 0) is 0 Å². The maximum Gasteiger partial charge on any atom is 0.0517 e. The lowest BCUT2D eigenvalue weighted by atomic mass is 9.80. The number of hydrogen-bond donors (Lipinski definition) is 1. The van der Waals surface area contributed by atoms with E-state index in [1.165, 1.54) is 0 Å². The third-order valence-corrected chi connectivity index (χ3v) is 2.31. The Labute approximate surface area is 75.1 Å². The van der Waals surface area contributed by atoms with Crippen molar-refractivity contribution in [2.45, 2.75) is 32.7 Å². The van der Waals surface area contributed by atoms with Crippen LogP contribution >= 0.6 is 0 Å². The van der Waals surface area contributed by atoms with Gasteiger partial charge in [0.15, 0.2) is 0 Å². The van der Waals surface area contributed by atoms with Crippen molar-refractivity contribution < 1.29 is 5.11 Å². The molecular formula is C9H20N2O. The van der Waals surface area contributed by atoms with Crippen molar-refractivity contribution in [2.75, 3.05) is 13.7 Å². The third kappa shape index (κ3) is 2.48. The molecule has 0 aromatic carbocycles. The van der Waals surface area contributed by atoms with Crippen LogP contribution in [0.25, 0.3) is 0 Å². The molecule has 0 aromatic rings. The van der Waals surface area contributed by atoms with Gasteiger partial charge < -0.3 is 5.11 Å². The van der Waals surface area contributed by atoms with Gasteiger partial charge in [0.25, 0.3) is 0 Å². The van der Waals surface area contributed by atoms with Gasteiger partial charge in [0.2, 0.25) is 0 Å². The van der Waals surface area contributed by atoms with E-state index in [-0.39, 0.29) is 6.61 Å². The molecule has 0 radical (unpaired) electrons. The number of hydrazone groups is 1. The first-order valence-electron chi connectivity index (χ1n) is 4.60. The zero-order valence-corrected chi connectivity index (χ0v) is 8.32. The second-order valence-electron chi connectivity index (χ2n) is 2.80. The Hall–Kier alpha value is -0.570. The molecule has 1 rings (SSSR count). The van der Waals surface area contributed by atoms with E-state index >= 15 is 0 Å². The first-order valence-corrected chi connectivity index (χ1v) is 4.60. The highest BCUT2D eigenvalue weighted by molar-refractivity contribution is 5.22. The van der Waals surface area contributed by atoms with E-state index < -0.39 is 0 Å². The zero-order valence-electron chi connectivity index (χ0n) is 8.32. The number of rotatable bonds is 3. The van der Waals surface area contributed by atoms with Crippen LogP contribution in [0.15, 0.2) is 5.10 Å². The third-order valence-electron chi connectivity index (χ3n) is 2.31. The van der Waals surface area contributed by atoms with Gasteiger partial charge in [0.05, 0.1) is 6.04 Å². The lowest BCUT2D eigenvalue weighted by molar-refractivity contribution is 0.0438. The fourth-order valence-corrected chi connectivity index (χ4v) is 1.36. The van der Waals surface area contributed by atoms with E-state index in [0.717, 1.165) is 12.8 Å². The van der Waals surface area contributed by atoms with Crippen molar-refractivity contribution in [2.24, 2.45) is 11.0 Å². The van der Waals surface area contributed by atoms with Crippen molar-refractivity contribution >= 4 is 6.72 Å². The van der Waals surface area contributed by atoms with Crippen LogP contribution in [-0.4, -0.2) is 36.5 Å². The van der Waals surface area contributed by atoms with Crippen LogP contribution in [0.2, 0.25) is 0 Å². The summed E-state index contributed by atoms with van der Waals surface area (Å²) >= 11 is 0. The molecule has 0 aromatic heterocycles. The Morgan fingerprint density at radius 1 is 1.50 bits per heavy atom. The van der Waals surface area contributed by atoms with E-state index in [1.54, 1.807) is 0 Å². The van der Waals surface area contributed by atoms with Crippen LogP contribution < -0.4 is 0 Å². The molecule has 0 amide bonds. The summed E-state index contributed by atoms with van der Waals surface area (Å²) in [6, 6.07) is 0.433. The average Bonchev–Trinajstić information content (AvgIpc) is 2.07. The summed E-state index contributed by atoms with van der Waals surface area (Å²) in [4.78, 5) is 0. The van der Waals surface area contributed by atoms with Crippen LogP contribution in [0.5, 0.6) is 0 Å². The fraction of sp³-hybridized carbons (Fsp3) is 0.889. The highest BCUT2D eigenvalue weighted by Gasteiger charge is 2.32. The predicted molar refractivity (Wildman–Crippen MR) is 52.3 cm³/mol. The molecule has 12 heavy (non-hydrogen) atoms. The van der Waals surface area contributed by atoms with Crippen LogP contribution in [0.1, 0.15) is 26.7 Å². The smallest absolute Gasteiger partial charge is 0.0517 e. The van der Waals surface area contributed by atoms with Gasteiger partial charge in [-0.3, -0.25) is 5.01 Å². The Balaban J connectivity index is 0.000000561. The van der Waals surface area contributed by atoms with Gasteiger partial charge in [-0.05, 0) is 12.8 Å². The van der Waals surface area contributed by atoms with Crippen molar-refractivity contribution in [1.82, 2.24) is 5.01 Å². The summed E-state index contributed by atoms with van der Waals surface area (Å²) in [5.74, 6) is 0.426. The second kappa shape index (κ2) is 6.00. The molecule has 1 saturated carbocycles. The summed E-state index contributed by atoms with van der Waals surface area (Å²) in [5, 5.41) is 14.4. The number of aliphatic hydroxyl groups is 1. The quantitative estimate of drug-likeness (QED) is 0.515. The minimum Gasteiger partial charge on any atom is -0.396 e. The molecule has 3 heteroatoms. The largest absolute Gasteiger partial charge is 0.396 e. The lowest BCUT2D eigenvalue weighted by Gasteiger charge is -2.39. The number of aliphatic hydroxyl groups excluding tert-OH is 1. The first kappa shape index (κ1) is 11.4. The summed E-state index contributed by atoms with van der Waals surface area (Å²) in [7, 11) is 1.90. The molecule has 1 N–H and O–H groups in total. The van der Waals surface area contributed by atoms with Crippen LogP contribution in [0.4, 0.5) is 0 Å². The van der Waals surface area contributed by atoms with E-state index in [1.807, 2.05) is 25.9 Å². The zero-order chi connectivity index (χ0) is 9.56. The molecule has 0 saturated heterocycles. The minimum atomic E-state index is 0.282. The SMILES string of the molecule is C=NN(C)C1CCC1CO.CC. The van der Waals surface area contributed by atoms with Gasteiger partial charge >= 0.3 is 0 Å². The fourth-order valence-electron chi connectivity index (χ4n) is 1.36. The van der Waals surface area contributed by atoms with Gasteiger partial charge in [-0.15, -0.1) is 0 Å². The van der Waals surface area contributed by atoms with Gasteiger partial charge in [0.1, 0.15) is 0 Å². The van der Waals surface area contributed by atoms with Gasteiger partial charge in [0, 0.05) is 26.3 Å². The Bertz CT molecular complexity index is 126.